The summed E-state index contributed by atoms with van der Waals surface area (Å²) in [4.78, 5) is 13.5. The Balaban J connectivity index is 1.30. The van der Waals surface area contributed by atoms with Crippen molar-refractivity contribution in [2.75, 3.05) is 38.2 Å². The summed E-state index contributed by atoms with van der Waals surface area (Å²) in [6.45, 7) is 8.18. The van der Waals surface area contributed by atoms with Crippen LogP contribution >= 0.6 is 23.2 Å². The van der Waals surface area contributed by atoms with Crippen molar-refractivity contribution in [3.8, 4) is 28.8 Å². The van der Waals surface area contributed by atoms with Crippen LogP contribution in [-0.4, -0.2) is 63.9 Å². The zero-order valence-electron chi connectivity index (χ0n) is 22.5. The highest BCUT2D eigenvalue weighted by Crippen LogP contribution is 2.41. The fourth-order valence-electron chi connectivity index (χ4n) is 5.86. The number of ether oxygens (including phenoxy) is 2. The molecule has 2 aliphatic heterocycles. The fourth-order valence-corrected chi connectivity index (χ4v) is 6.53. The number of hydrogen-bond acceptors (Lipinski definition) is 8. The van der Waals surface area contributed by atoms with Crippen LogP contribution in [0.5, 0.6) is 11.5 Å². The Bertz CT molecular complexity index is 1600. The van der Waals surface area contributed by atoms with E-state index >= 15 is 0 Å². The van der Waals surface area contributed by atoms with Gasteiger partial charge in [0.15, 0.2) is 11.5 Å². The number of methoxy groups -OCH3 is 1. The molecular formula is C29H29Cl2N7O2. The van der Waals surface area contributed by atoms with Crippen molar-refractivity contribution in [2.24, 2.45) is 0 Å². The average Bonchev–Trinajstić information content (AvgIpc) is 3.61. The molecule has 6 rings (SSSR count). The monoisotopic (exact) mass is 577 g/mol. The third-order valence-corrected chi connectivity index (χ3v) is 8.54. The number of benzene rings is 1. The van der Waals surface area contributed by atoms with Crippen LogP contribution < -0.4 is 14.4 Å². The molecule has 0 unspecified atom stereocenters. The quantitative estimate of drug-likeness (QED) is 0.284. The van der Waals surface area contributed by atoms with Crippen LogP contribution in [0, 0.1) is 11.3 Å². The predicted octanol–water partition coefficient (Wildman–Crippen LogP) is 6.02. The summed E-state index contributed by atoms with van der Waals surface area (Å²) < 4.78 is 11.9. The number of likely N-dealkylation sites (tertiary alicyclic amines) is 1. The lowest BCUT2D eigenvalue weighted by molar-refractivity contribution is 0.101. The minimum atomic E-state index is -0.474. The highest BCUT2D eigenvalue weighted by atomic mass is 35.5. The predicted molar refractivity (Wildman–Crippen MR) is 155 cm³/mol. The van der Waals surface area contributed by atoms with Gasteiger partial charge in [0.25, 0.3) is 0 Å². The van der Waals surface area contributed by atoms with Crippen LogP contribution in [0.2, 0.25) is 10.0 Å². The van der Waals surface area contributed by atoms with E-state index in [-0.39, 0.29) is 5.54 Å². The number of rotatable bonds is 7. The number of aromatic amines is 1. The maximum absolute atomic E-state index is 10.0. The van der Waals surface area contributed by atoms with Crippen molar-refractivity contribution in [1.29, 1.82) is 5.26 Å². The van der Waals surface area contributed by atoms with E-state index in [1.165, 1.54) is 25.2 Å². The minimum absolute atomic E-state index is 0.138. The van der Waals surface area contributed by atoms with E-state index in [9.17, 15) is 5.26 Å². The third kappa shape index (κ3) is 4.60. The van der Waals surface area contributed by atoms with Crippen LogP contribution in [0.1, 0.15) is 43.9 Å². The van der Waals surface area contributed by atoms with Crippen LogP contribution in [0.4, 0.5) is 5.82 Å². The largest absolute Gasteiger partial charge is 0.493 e. The molecule has 0 amide bonds. The van der Waals surface area contributed by atoms with Crippen molar-refractivity contribution in [3.63, 3.8) is 0 Å². The van der Waals surface area contributed by atoms with Crippen molar-refractivity contribution in [2.45, 2.75) is 38.3 Å². The summed E-state index contributed by atoms with van der Waals surface area (Å²) in [5.41, 5.74) is 3.46. The van der Waals surface area contributed by atoms with Gasteiger partial charge in [-0.3, -0.25) is 15.0 Å². The van der Waals surface area contributed by atoms with Gasteiger partial charge in [-0.05, 0) is 51.9 Å². The molecule has 206 valence electrons. The summed E-state index contributed by atoms with van der Waals surface area (Å²) in [7, 11) is 1.58. The molecule has 9 nitrogen and oxygen atoms in total. The number of nitriles is 1. The molecule has 1 N–H and O–H groups in total. The van der Waals surface area contributed by atoms with Crippen LogP contribution in [0.15, 0.2) is 36.8 Å². The Morgan fingerprint density at radius 3 is 2.48 bits per heavy atom. The Hall–Kier alpha value is -3.58. The van der Waals surface area contributed by atoms with Gasteiger partial charge in [-0.25, -0.2) is 4.98 Å². The lowest BCUT2D eigenvalue weighted by Gasteiger charge is -2.53. The van der Waals surface area contributed by atoms with E-state index in [1.54, 1.807) is 13.3 Å². The van der Waals surface area contributed by atoms with E-state index in [1.807, 2.05) is 25.1 Å². The average molecular weight is 579 g/mol. The SMILES string of the molecule is COc1cc2[nH]nc(-c3cnc(N4CC(C)(N5CCCC5)C4)c(C#N)c3)c2cc1O[C@H](C)c1c(Cl)cncc1Cl. The summed E-state index contributed by atoms with van der Waals surface area (Å²) in [5.74, 6) is 1.75. The zero-order chi connectivity index (χ0) is 28.0. The van der Waals surface area contributed by atoms with Gasteiger partial charge < -0.3 is 14.4 Å². The summed E-state index contributed by atoms with van der Waals surface area (Å²) in [6, 6.07) is 7.89. The van der Waals surface area contributed by atoms with Crippen LogP contribution in [0.25, 0.3) is 22.2 Å². The zero-order valence-corrected chi connectivity index (χ0v) is 24.1. The number of fused-ring (bicyclic) bond motifs is 1. The molecule has 2 aliphatic rings. The minimum Gasteiger partial charge on any atom is -0.493 e. The van der Waals surface area contributed by atoms with E-state index in [4.69, 9.17) is 37.7 Å². The number of nitrogens with zero attached hydrogens (tertiary/aromatic N) is 6. The Labute approximate surface area is 242 Å². The van der Waals surface area contributed by atoms with Crippen molar-refractivity contribution in [3.05, 3.63) is 58.0 Å². The van der Waals surface area contributed by atoms with E-state index < -0.39 is 6.10 Å². The number of H-pyrrole nitrogens is 1. The third-order valence-electron chi connectivity index (χ3n) is 7.94. The second-order valence-electron chi connectivity index (χ2n) is 10.7. The molecule has 5 heterocycles. The maximum Gasteiger partial charge on any atom is 0.162 e. The summed E-state index contributed by atoms with van der Waals surface area (Å²) in [6.07, 6.45) is 6.89. The lowest BCUT2D eigenvalue weighted by atomic mass is 9.89. The maximum atomic E-state index is 10.0. The highest BCUT2D eigenvalue weighted by molar-refractivity contribution is 6.35. The number of nitrogens with one attached hydrogen (secondary N) is 1. The van der Waals surface area contributed by atoms with E-state index in [0.29, 0.717) is 44.2 Å². The molecule has 0 spiro atoms. The standard InChI is InChI=1S/C29H29Cl2N7O2/c1-17(26-21(30)13-33-14-22(26)31)40-25-9-20-23(10-24(25)39-3)35-36-27(20)19-8-18(11-32)28(34-12-19)37-15-29(2,16-37)38-6-4-5-7-38/h8-10,12-14,17H,4-7,15-16H2,1-3H3,(H,35,36)/t17-/m1/s1. The smallest absolute Gasteiger partial charge is 0.162 e. The molecule has 2 saturated heterocycles. The normalized spacial score (nSPS) is 17.4. The molecule has 2 fully saturated rings. The van der Waals surface area contributed by atoms with Gasteiger partial charge in [0, 0.05) is 54.3 Å². The molecule has 4 aromatic rings. The van der Waals surface area contributed by atoms with Crippen molar-refractivity contribution < 1.29 is 9.47 Å². The van der Waals surface area contributed by atoms with Gasteiger partial charge in [-0.2, -0.15) is 10.4 Å². The molecule has 1 atom stereocenters. The van der Waals surface area contributed by atoms with Gasteiger partial charge in [-0.1, -0.05) is 23.2 Å². The molecule has 1 aromatic carbocycles. The van der Waals surface area contributed by atoms with E-state index in [0.717, 1.165) is 42.6 Å². The van der Waals surface area contributed by atoms with Crippen LogP contribution in [0.3, 0.4) is 0 Å². The van der Waals surface area contributed by atoms with Crippen molar-refractivity contribution >= 4 is 39.9 Å². The highest BCUT2D eigenvalue weighted by Gasteiger charge is 2.45. The fraction of sp³-hybridized carbons (Fsp3) is 0.379. The second-order valence-corrected chi connectivity index (χ2v) is 11.5. The molecular weight excluding hydrogens is 549 g/mol. The Kier molecular flexibility index (Phi) is 6.95. The lowest BCUT2D eigenvalue weighted by Crippen LogP contribution is -2.68. The van der Waals surface area contributed by atoms with E-state index in [2.05, 4.69) is 38.0 Å². The first-order valence-electron chi connectivity index (χ1n) is 13.2. The van der Waals surface area contributed by atoms with Gasteiger partial charge in [0.05, 0.1) is 33.8 Å². The number of pyridine rings is 2. The van der Waals surface area contributed by atoms with Crippen molar-refractivity contribution in [1.82, 2.24) is 25.1 Å². The number of anilines is 1. The molecule has 40 heavy (non-hydrogen) atoms. The molecule has 0 saturated carbocycles. The summed E-state index contributed by atoms with van der Waals surface area (Å²) >= 11 is 12.7. The Morgan fingerprint density at radius 2 is 1.80 bits per heavy atom. The van der Waals surface area contributed by atoms with Crippen LogP contribution in [-0.2, 0) is 0 Å². The molecule has 0 bridgehead atoms. The summed E-state index contributed by atoms with van der Waals surface area (Å²) in [5, 5.41) is 19.3. The molecule has 11 heteroatoms. The Morgan fingerprint density at radius 1 is 1.07 bits per heavy atom. The first-order chi connectivity index (χ1) is 19.3. The second kappa shape index (κ2) is 10.4. The van der Waals surface area contributed by atoms with Gasteiger partial charge in [0.2, 0.25) is 0 Å². The van der Waals surface area contributed by atoms with Gasteiger partial charge in [0.1, 0.15) is 23.7 Å². The number of halogens is 2. The first-order valence-corrected chi connectivity index (χ1v) is 14.0. The van der Waals surface area contributed by atoms with Gasteiger partial charge in [-0.15, -0.1) is 0 Å². The molecule has 3 aromatic heterocycles. The molecule has 0 radical (unpaired) electrons. The number of aromatic nitrogens is 4. The topological polar surface area (TPSA) is 103 Å². The number of hydrogen-bond donors (Lipinski definition) is 1. The van der Waals surface area contributed by atoms with Gasteiger partial charge >= 0.3 is 0 Å². The first kappa shape index (κ1) is 26.6. The molecule has 0 aliphatic carbocycles.